The molecule has 0 radical (unpaired) electrons. The highest BCUT2D eigenvalue weighted by Gasteiger charge is 2.09. The summed E-state index contributed by atoms with van der Waals surface area (Å²) >= 11 is 0. The quantitative estimate of drug-likeness (QED) is 0.769. The van der Waals surface area contributed by atoms with Gasteiger partial charge in [-0.25, -0.2) is 0 Å². The largest absolute Gasteiger partial charge is 0.382 e. The number of anilines is 1. The third-order valence-corrected chi connectivity index (χ3v) is 2.54. The van der Waals surface area contributed by atoms with Gasteiger partial charge in [-0.1, -0.05) is 23.8 Å². The van der Waals surface area contributed by atoms with Crippen LogP contribution in [0.15, 0.2) is 24.4 Å². The first kappa shape index (κ1) is 9.77. The average molecular weight is 201 g/mol. The lowest BCUT2D eigenvalue weighted by atomic mass is 10.0. The average Bonchev–Trinajstić information content (AvgIpc) is 2.50. The van der Waals surface area contributed by atoms with Gasteiger partial charge < -0.3 is 5.73 Å². The Morgan fingerprint density at radius 1 is 1.20 bits per heavy atom. The predicted molar refractivity (Wildman–Crippen MR) is 62.5 cm³/mol. The van der Waals surface area contributed by atoms with Gasteiger partial charge in [0.2, 0.25) is 0 Å². The van der Waals surface area contributed by atoms with Crippen LogP contribution in [-0.4, -0.2) is 9.78 Å². The molecule has 0 aliphatic rings. The number of nitrogens with zero attached hydrogens (tertiary/aromatic N) is 2. The third kappa shape index (κ3) is 1.73. The molecule has 1 aromatic carbocycles. The highest BCUT2D eigenvalue weighted by molar-refractivity contribution is 5.76. The fourth-order valence-electron chi connectivity index (χ4n) is 1.74. The molecular weight excluding hydrogens is 186 g/mol. The lowest BCUT2D eigenvalue weighted by molar-refractivity contribution is 0.772. The van der Waals surface area contributed by atoms with E-state index >= 15 is 0 Å². The molecule has 0 aliphatic heterocycles. The van der Waals surface area contributed by atoms with Gasteiger partial charge in [0.25, 0.3) is 0 Å². The first-order chi connectivity index (χ1) is 7.08. The van der Waals surface area contributed by atoms with E-state index < -0.39 is 0 Å². The van der Waals surface area contributed by atoms with Crippen LogP contribution >= 0.6 is 0 Å². The van der Waals surface area contributed by atoms with E-state index in [2.05, 4.69) is 37.1 Å². The second-order valence-electron chi connectivity index (χ2n) is 3.92. The molecule has 0 amide bonds. The maximum atomic E-state index is 5.86. The van der Waals surface area contributed by atoms with Crippen molar-refractivity contribution in [1.82, 2.24) is 9.78 Å². The Labute approximate surface area is 89.5 Å². The topological polar surface area (TPSA) is 43.8 Å². The van der Waals surface area contributed by atoms with Gasteiger partial charge in [0.05, 0.1) is 0 Å². The van der Waals surface area contributed by atoms with Gasteiger partial charge in [0, 0.05) is 18.8 Å². The molecule has 0 fully saturated rings. The van der Waals surface area contributed by atoms with Gasteiger partial charge in [-0.05, 0) is 25.0 Å². The van der Waals surface area contributed by atoms with Crippen LogP contribution in [-0.2, 0) is 7.05 Å². The van der Waals surface area contributed by atoms with Gasteiger partial charge in [0.15, 0.2) is 5.82 Å². The molecule has 0 unspecified atom stereocenters. The second-order valence-corrected chi connectivity index (χ2v) is 3.92. The van der Waals surface area contributed by atoms with Gasteiger partial charge in [0.1, 0.15) is 0 Å². The first-order valence-corrected chi connectivity index (χ1v) is 4.94. The zero-order valence-corrected chi connectivity index (χ0v) is 9.28. The van der Waals surface area contributed by atoms with Gasteiger partial charge in [-0.15, -0.1) is 0 Å². The minimum atomic E-state index is 0.589. The molecule has 3 heteroatoms. The summed E-state index contributed by atoms with van der Waals surface area (Å²) in [7, 11) is 1.88. The fraction of sp³-hybridized carbons (Fsp3) is 0.250. The first-order valence-electron chi connectivity index (χ1n) is 4.94. The van der Waals surface area contributed by atoms with E-state index in [0.717, 1.165) is 5.56 Å². The molecule has 2 aromatic rings. The van der Waals surface area contributed by atoms with Crippen molar-refractivity contribution in [2.24, 2.45) is 7.05 Å². The molecular formula is C12H15N3. The molecule has 2 N–H and O–H groups in total. The molecule has 0 atom stereocenters. The predicted octanol–water partition coefficient (Wildman–Crippen LogP) is 2.29. The van der Waals surface area contributed by atoms with Crippen molar-refractivity contribution in [3.05, 3.63) is 35.5 Å². The third-order valence-electron chi connectivity index (χ3n) is 2.54. The summed E-state index contributed by atoms with van der Waals surface area (Å²) in [6.07, 6.45) is 1.96. The highest BCUT2D eigenvalue weighted by Crippen LogP contribution is 2.28. The number of aromatic nitrogens is 2. The summed E-state index contributed by atoms with van der Waals surface area (Å²) in [4.78, 5) is 0. The molecule has 0 spiro atoms. The van der Waals surface area contributed by atoms with Crippen molar-refractivity contribution >= 4 is 5.82 Å². The van der Waals surface area contributed by atoms with E-state index in [4.69, 9.17) is 5.73 Å². The zero-order chi connectivity index (χ0) is 11.0. The smallest absolute Gasteiger partial charge is 0.153 e. The molecule has 0 saturated heterocycles. The Morgan fingerprint density at radius 2 is 1.93 bits per heavy atom. The van der Waals surface area contributed by atoms with E-state index in [1.54, 1.807) is 4.68 Å². The van der Waals surface area contributed by atoms with Crippen molar-refractivity contribution in [3.63, 3.8) is 0 Å². The summed E-state index contributed by atoms with van der Waals surface area (Å²) in [5, 5.41) is 4.15. The zero-order valence-electron chi connectivity index (χ0n) is 9.28. The molecule has 2 rings (SSSR count). The number of benzene rings is 1. The Morgan fingerprint density at radius 3 is 2.53 bits per heavy atom. The monoisotopic (exact) mass is 201 g/mol. The molecule has 0 bridgehead atoms. The molecule has 0 aliphatic carbocycles. The summed E-state index contributed by atoms with van der Waals surface area (Å²) in [6, 6.07) is 6.35. The highest BCUT2D eigenvalue weighted by atomic mass is 15.3. The second kappa shape index (κ2) is 3.42. The summed E-state index contributed by atoms with van der Waals surface area (Å²) in [5.74, 6) is 0.589. The van der Waals surface area contributed by atoms with Crippen LogP contribution in [0, 0.1) is 13.8 Å². The molecule has 1 aromatic heterocycles. The van der Waals surface area contributed by atoms with Crippen LogP contribution in [0.1, 0.15) is 11.1 Å². The van der Waals surface area contributed by atoms with Crippen LogP contribution in [0.3, 0.4) is 0 Å². The Bertz CT molecular complexity index is 498. The number of nitrogens with two attached hydrogens (primary N) is 1. The fourth-order valence-corrected chi connectivity index (χ4v) is 1.74. The standard InChI is InChI=1S/C12H15N3/c1-8-4-5-9(2)10(6-8)11-7-15(3)14-12(11)13/h4-7H,1-3H3,(H2,13,14). The van der Waals surface area contributed by atoms with Crippen molar-refractivity contribution in [1.29, 1.82) is 0 Å². The van der Waals surface area contributed by atoms with Crippen LogP contribution in [0.25, 0.3) is 11.1 Å². The van der Waals surface area contributed by atoms with Gasteiger partial charge in [-0.2, -0.15) is 5.10 Å². The van der Waals surface area contributed by atoms with Crippen molar-refractivity contribution in [2.75, 3.05) is 5.73 Å². The maximum absolute atomic E-state index is 5.86. The van der Waals surface area contributed by atoms with E-state index in [-0.39, 0.29) is 0 Å². The van der Waals surface area contributed by atoms with Crippen LogP contribution < -0.4 is 5.73 Å². The molecule has 1 heterocycles. The minimum absolute atomic E-state index is 0.589. The number of hydrogen-bond donors (Lipinski definition) is 1. The Kier molecular flexibility index (Phi) is 2.23. The van der Waals surface area contributed by atoms with Crippen LogP contribution in [0.5, 0.6) is 0 Å². The lowest BCUT2D eigenvalue weighted by Crippen LogP contribution is -1.91. The lowest BCUT2D eigenvalue weighted by Gasteiger charge is -2.05. The molecule has 0 saturated carbocycles. The maximum Gasteiger partial charge on any atom is 0.153 e. The summed E-state index contributed by atoms with van der Waals surface area (Å²) in [5.41, 5.74) is 10.5. The Balaban J connectivity index is 2.62. The van der Waals surface area contributed by atoms with Crippen LogP contribution in [0.2, 0.25) is 0 Å². The van der Waals surface area contributed by atoms with E-state index in [0.29, 0.717) is 5.82 Å². The van der Waals surface area contributed by atoms with E-state index in [9.17, 15) is 0 Å². The number of nitrogen functional groups attached to an aromatic ring is 1. The van der Waals surface area contributed by atoms with Crippen molar-refractivity contribution < 1.29 is 0 Å². The van der Waals surface area contributed by atoms with Gasteiger partial charge in [-0.3, -0.25) is 4.68 Å². The number of hydrogen-bond acceptors (Lipinski definition) is 2. The summed E-state index contributed by atoms with van der Waals surface area (Å²) < 4.78 is 1.74. The van der Waals surface area contributed by atoms with E-state index in [1.165, 1.54) is 16.7 Å². The molecule has 3 nitrogen and oxygen atoms in total. The Hall–Kier alpha value is -1.77. The number of rotatable bonds is 1. The van der Waals surface area contributed by atoms with Gasteiger partial charge >= 0.3 is 0 Å². The van der Waals surface area contributed by atoms with E-state index in [1.807, 2.05) is 13.2 Å². The van der Waals surface area contributed by atoms with Crippen molar-refractivity contribution in [3.8, 4) is 11.1 Å². The normalized spacial score (nSPS) is 10.6. The SMILES string of the molecule is Cc1ccc(C)c(-c2cn(C)nc2N)c1. The minimum Gasteiger partial charge on any atom is -0.382 e. The summed E-state index contributed by atoms with van der Waals surface area (Å²) in [6.45, 7) is 4.16. The molecule has 78 valence electrons. The molecule has 15 heavy (non-hydrogen) atoms. The van der Waals surface area contributed by atoms with Crippen molar-refractivity contribution in [2.45, 2.75) is 13.8 Å². The number of aryl methyl sites for hydroxylation is 3. The van der Waals surface area contributed by atoms with Crippen LogP contribution in [0.4, 0.5) is 5.82 Å².